The minimum Gasteiger partial charge on any atom is -0.383 e. The molecule has 0 radical (unpaired) electrons. The highest BCUT2D eigenvalue weighted by Gasteiger charge is 2.20. The Balaban J connectivity index is 2.08. The lowest BCUT2D eigenvalue weighted by atomic mass is 9.95. The molecule has 0 bridgehead atoms. The Hall–Kier alpha value is -0.120. The van der Waals surface area contributed by atoms with Crippen LogP contribution < -0.4 is 5.32 Å². The highest BCUT2D eigenvalue weighted by molar-refractivity contribution is 4.75. The van der Waals surface area contributed by atoms with Gasteiger partial charge in [-0.15, -0.1) is 0 Å². The second-order valence-electron chi connectivity index (χ2n) is 5.62. The minimum absolute atomic E-state index is 0.827. The van der Waals surface area contributed by atoms with Crippen molar-refractivity contribution in [3.8, 4) is 0 Å². The molecule has 3 nitrogen and oxygen atoms in total. The maximum atomic E-state index is 5.05. The van der Waals surface area contributed by atoms with Crippen molar-refractivity contribution in [1.82, 2.24) is 10.2 Å². The van der Waals surface area contributed by atoms with Crippen LogP contribution in [0.2, 0.25) is 0 Å². The quantitative estimate of drug-likeness (QED) is 0.641. The van der Waals surface area contributed by atoms with Crippen LogP contribution in [0.4, 0.5) is 0 Å². The van der Waals surface area contributed by atoms with Gasteiger partial charge in [0.2, 0.25) is 0 Å². The lowest BCUT2D eigenvalue weighted by molar-refractivity contribution is 0.152. The van der Waals surface area contributed by atoms with Crippen molar-refractivity contribution in [1.29, 1.82) is 0 Å². The number of ether oxygens (including phenoxy) is 1. The minimum atomic E-state index is 0.827. The van der Waals surface area contributed by atoms with E-state index in [9.17, 15) is 0 Å². The summed E-state index contributed by atoms with van der Waals surface area (Å²) >= 11 is 0. The summed E-state index contributed by atoms with van der Waals surface area (Å²) in [7, 11) is 1.76. The van der Waals surface area contributed by atoms with Crippen LogP contribution in [-0.4, -0.2) is 51.3 Å². The van der Waals surface area contributed by atoms with E-state index in [1.54, 1.807) is 7.11 Å². The van der Waals surface area contributed by atoms with Crippen LogP contribution in [0.5, 0.6) is 0 Å². The zero-order chi connectivity index (χ0) is 13.2. The van der Waals surface area contributed by atoms with Gasteiger partial charge in [-0.3, -0.25) is 0 Å². The monoisotopic (exact) mass is 256 g/mol. The van der Waals surface area contributed by atoms with E-state index in [2.05, 4.69) is 24.1 Å². The van der Waals surface area contributed by atoms with E-state index in [0.29, 0.717) is 0 Å². The molecule has 1 rings (SSSR count). The van der Waals surface area contributed by atoms with Gasteiger partial charge in [-0.2, -0.15) is 0 Å². The highest BCUT2D eigenvalue weighted by Crippen LogP contribution is 2.19. The molecule has 3 heteroatoms. The molecule has 108 valence electrons. The number of hydrogen-bond donors (Lipinski definition) is 1. The maximum absolute atomic E-state index is 5.05. The van der Waals surface area contributed by atoms with E-state index < -0.39 is 0 Å². The Labute approximate surface area is 113 Å². The number of nitrogens with zero attached hydrogens (tertiary/aromatic N) is 1. The first-order chi connectivity index (χ1) is 8.80. The van der Waals surface area contributed by atoms with Crippen molar-refractivity contribution < 1.29 is 4.74 Å². The molecule has 1 N–H and O–H groups in total. The molecule has 0 amide bonds. The summed E-state index contributed by atoms with van der Waals surface area (Å²) in [5.41, 5.74) is 0. The number of piperidine rings is 1. The highest BCUT2D eigenvalue weighted by atomic mass is 16.5. The van der Waals surface area contributed by atoms with Gasteiger partial charge >= 0.3 is 0 Å². The van der Waals surface area contributed by atoms with Gasteiger partial charge in [0.15, 0.2) is 0 Å². The normalized spacial score (nSPS) is 18.7. The predicted molar refractivity (Wildman–Crippen MR) is 78.0 cm³/mol. The zero-order valence-corrected chi connectivity index (χ0v) is 12.6. The first-order valence-electron chi connectivity index (χ1n) is 7.72. The van der Waals surface area contributed by atoms with Gasteiger partial charge in [0.1, 0.15) is 0 Å². The third-order valence-corrected chi connectivity index (χ3v) is 4.29. The smallest absolute Gasteiger partial charge is 0.0587 e. The average Bonchev–Trinajstić information content (AvgIpc) is 2.42. The molecule has 1 heterocycles. The summed E-state index contributed by atoms with van der Waals surface area (Å²) in [6.45, 7) is 11.5. The molecule has 0 aliphatic carbocycles. The fraction of sp³-hybridized carbons (Fsp3) is 1.00. The Morgan fingerprint density at radius 1 is 1.22 bits per heavy atom. The van der Waals surface area contributed by atoms with Gasteiger partial charge in [0, 0.05) is 20.2 Å². The third-order valence-electron chi connectivity index (χ3n) is 4.29. The van der Waals surface area contributed by atoms with E-state index in [-0.39, 0.29) is 0 Å². The van der Waals surface area contributed by atoms with E-state index >= 15 is 0 Å². The summed E-state index contributed by atoms with van der Waals surface area (Å²) in [4.78, 5) is 2.67. The van der Waals surface area contributed by atoms with Crippen molar-refractivity contribution in [3.05, 3.63) is 0 Å². The van der Waals surface area contributed by atoms with Gasteiger partial charge in [0.05, 0.1) is 6.61 Å². The number of nitrogens with one attached hydrogen (secondary N) is 1. The number of methoxy groups -OCH3 is 1. The molecule has 18 heavy (non-hydrogen) atoms. The van der Waals surface area contributed by atoms with Gasteiger partial charge in [-0.25, -0.2) is 0 Å². The molecule has 0 saturated carbocycles. The summed E-state index contributed by atoms with van der Waals surface area (Å²) in [6, 6.07) is 0. The number of hydrogen-bond acceptors (Lipinski definition) is 3. The topological polar surface area (TPSA) is 24.5 Å². The molecule has 0 atom stereocenters. The van der Waals surface area contributed by atoms with Crippen molar-refractivity contribution in [3.63, 3.8) is 0 Å². The fourth-order valence-electron chi connectivity index (χ4n) is 2.77. The van der Waals surface area contributed by atoms with Gasteiger partial charge < -0.3 is 15.0 Å². The molecule has 1 aliphatic heterocycles. The molecule has 1 saturated heterocycles. The van der Waals surface area contributed by atoms with Gasteiger partial charge in [0.25, 0.3) is 0 Å². The first kappa shape index (κ1) is 15.9. The van der Waals surface area contributed by atoms with E-state index in [1.807, 2.05) is 0 Å². The largest absolute Gasteiger partial charge is 0.383 e. The molecular formula is C15H32N2O. The molecule has 0 spiro atoms. The van der Waals surface area contributed by atoms with Gasteiger partial charge in [-0.1, -0.05) is 26.7 Å². The fourth-order valence-corrected chi connectivity index (χ4v) is 2.77. The van der Waals surface area contributed by atoms with Crippen LogP contribution in [-0.2, 0) is 4.74 Å². The maximum Gasteiger partial charge on any atom is 0.0587 e. The van der Waals surface area contributed by atoms with Crippen LogP contribution in [0.3, 0.4) is 0 Å². The van der Waals surface area contributed by atoms with Gasteiger partial charge in [-0.05, 0) is 44.3 Å². The second kappa shape index (κ2) is 9.76. The number of rotatable bonds is 9. The van der Waals surface area contributed by atoms with Crippen molar-refractivity contribution in [2.24, 2.45) is 11.8 Å². The predicted octanol–water partition coefficient (Wildman–Crippen LogP) is 2.37. The van der Waals surface area contributed by atoms with Crippen LogP contribution in [0.15, 0.2) is 0 Å². The second-order valence-corrected chi connectivity index (χ2v) is 5.62. The Kier molecular flexibility index (Phi) is 8.64. The summed E-state index contributed by atoms with van der Waals surface area (Å²) in [5, 5.41) is 3.49. The standard InChI is InChI=1S/C15H32N2O/c1-4-14(5-2)13-17-9-6-15(7-10-17)12-16-8-11-18-3/h14-16H,4-13H2,1-3H3. The third kappa shape index (κ3) is 6.17. The van der Waals surface area contributed by atoms with Crippen molar-refractivity contribution in [2.45, 2.75) is 39.5 Å². The Morgan fingerprint density at radius 3 is 2.44 bits per heavy atom. The molecule has 1 fully saturated rings. The van der Waals surface area contributed by atoms with Crippen LogP contribution >= 0.6 is 0 Å². The molecular weight excluding hydrogens is 224 g/mol. The van der Waals surface area contributed by atoms with E-state index in [4.69, 9.17) is 4.74 Å². The molecule has 1 aliphatic rings. The Bertz CT molecular complexity index is 187. The van der Waals surface area contributed by atoms with Crippen LogP contribution in [0.25, 0.3) is 0 Å². The zero-order valence-electron chi connectivity index (χ0n) is 12.6. The molecule has 0 unspecified atom stereocenters. The lowest BCUT2D eigenvalue weighted by Crippen LogP contribution is -2.39. The van der Waals surface area contributed by atoms with Crippen LogP contribution in [0, 0.1) is 11.8 Å². The summed E-state index contributed by atoms with van der Waals surface area (Å²) in [5.74, 6) is 1.78. The van der Waals surface area contributed by atoms with E-state index in [1.165, 1.54) is 51.9 Å². The van der Waals surface area contributed by atoms with Crippen LogP contribution in [0.1, 0.15) is 39.5 Å². The van der Waals surface area contributed by atoms with E-state index in [0.717, 1.165) is 25.0 Å². The SMILES string of the molecule is CCC(CC)CN1CCC(CNCCOC)CC1. The molecule has 0 aromatic carbocycles. The molecule has 0 aromatic heterocycles. The van der Waals surface area contributed by atoms with Crippen molar-refractivity contribution >= 4 is 0 Å². The Morgan fingerprint density at radius 2 is 1.89 bits per heavy atom. The average molecular weight is 256 g/mol. The number of likely N-dealkylation sites (tertiary alicyclic amines) is 1. The van der Waals surface area contributed by atoms with Crippen molar-refractivity contribution in [2.75, 3.05) is 46.4 Å². The molecule has 0 aromatic rings. The summed E-state index contributed by atoms with van der Waals surface area (Å²) < 4.78 is 5.05. The first-order valence-corrected chi connectivity index (χ1v) is 7.72. The summed E-state index contributed by atoms with van der Waals surface area (Å²) in [6.07, 6.45) is 5.38. The lowest BCUT2D eigenvalue weighted by Gasteiger charge is -2.34.